The standard InChI is InChI=1S/C21H33FN2O3/c1-20(2,3)27-19(26)24-11-16(22)7-17(24)18(25)23-12-21-8-13-4-14(9-21)6-15(5-13)10-21/h13-17H,4-12H2,1-3H3,(H,23,25). The molecule has 4 aliphatic carbocycles. The second kappa shape index (κ2) is 6.63. The average Bonchev–Trinajstić information content (AvgIpc) is 2.92. The molecule has 0 aromatic carbocycles. The van der Waals surface area contributed by atoms with Crippen molar-refractivity contribution in [3.63, 3.8) is 0 Å². The van der Waals surface area contributed by atoms with Crippen LogP contribution in [-0.4, -0.2) is 47.8 Å². The van der Waals surface area contributed by atoms with Crippen molar-refractivity contribution in [3.8, 4) is 0 Å². The number of carbonyl (C=O) groups is 2. The summed E-state index contributed by atoms with van der Waals surface area (Å²) in [6, 6.07) is -0.760. The quantitative estimate of drug-likeness (QED) is 0.813. The van der Waals surface area contributed by atoms with Crippen molar-refractivity contribution in [2.75, 3.05) is 13.1 Å². The van der Waals surface area contributed by atoms with E-state index in [9.17, 15) is 14.0 Å². The van der Waals surface area contributed by atoms with Gasteiger partial charge in [0.25, 0.3) is 0 Å². The van der Waals surface area contributed by atoms with Crippen molar-refractivity contribution in [2.24, 2.45) is 23.2 Å². The highest BCUT2D eigenvalue weighted by molar-refractivity contribution is 5.86. The van der Waals surface area contributed by atoms with Gasteiger partial charge in [-0.25, -0.2) is 9.18 Å². The van der Waals surface area contributed by atoms with Crippen molar-refractivity contribution in [3.05, 3.63) is 0 Å². The number of rotatable bonds is 3. The Morgan fingerprint density at radius 1 is 1.07 bits per heavy atom. The van der Waals surface area contributed by atoms with E-state index in [1.807, 2.05) is 0 Å². The van der Waals surface area contributed by atoms with Gasteiger partial charge in [-0.1, -0.05) is 0 Å². The Morgan fingerprint density at radius 3 is 2.15 bits per heavy atom. The van der Waals surface area contributed by atoms with Crippen molar-refractivity contribution in [2.45, 2.75) is 83.5 Å². The molecule has 1 aliphatic heterocycles. The van der Waals surface area contributed by atoms with E-state index in [0.717, 1.165) is 17.8 Å². The fourth-order valence-corrected chi connectivity index (χ4v) is 6.45. The molecular formula is C21H33FN2O3. The number of nitrogens with one attached hydrogen (secondary N) is 1. The van der Waals surface area contributed by atoms with Crippen LogP contribution in [0.4, 0.5) is 9.18 Å². The van der Waals surface area contributed by atoms with Gasteiger partial charge in [-0.05, 0) is 82.5 Å². The van der Waals surface area contributed by atoms with Gasteiger partial charge in [-0.3, -0.25) is 9.69 Å². The summed E-state index contributed by atoms with van der Waals surface area (Å²) in [5, 5.41) is 3.09. The summed E-state index contributed by atoms with van der Waals surface area (Å²) in [5.74, 6) is 2.26. The summed E-state index contributed by atoms with van der Waals surface area (Å²) in [4.78, 5) is 26.5. The molecule has 5 aliphatic rings. The maximum Gasteiger partial charge on any atom is 0.411 e. The third kappa shape index (κ3) is 3.95. The van der Waals surface area contributed by atoms with Crippen LogP contribution < -0.4 is 5.32 Å². The van der Waals surface area contributed by atoms with Gasteiger partial charge in [0.2, 0.25) is 5.91 Å². The lowest BCUT2D eigenvalue weighted by Crippen LogP contribution is -2.54. The van der Waals surface area contributed by atoms with E-state index in [-0.39, 0.29) is 24.3 Å². The molecule has 2 amide bonds. The van der Waals surface area contributed by atoms with Crippen molar-refractivity contribution in [1.82, 2.24) is 10.2 Å². The predicted octanol–water partition coefficient (Wildman–Crippen LogP) is 3.67. The Hall–Kier alpha value is -1.33. The first-order valence-corrected chi connectivity index (χ1v) is 10.5. The summed E-state index contributed by atoms with van der Waals surface area (Å²) in [5.41, 5.74) is -0.430. The molecule has 1 N–H and O–H groups in total. The molecule has 5 fully saturated rings. The molecule has 1 saturated heterocycles. The SMILES string of the molecule is CC(C)(C)OC(=O)N1CC(F)CC1C(=O)NCC12CC3CC(CC(C3)C1)C2. The van der Waals surface area contributed by atoms with Gasteiger partial charge in [-0.2, -0.15) is 0 Å². The zero-order valence-electron chi connectivity index (χ0n) is 16.8. The van der Waals surface area contributed by atoms with E-state index in [2.05, 4.69) is 5.32 Å². The highest BCUT2D eigenvalue weighted by Gasteiger charge is 2.51. The van der Waals surface area contributed by atoms with Crippen molar-refractivity contribution < 1.29 is 18.7 Å². The number of hydrogen-bond donors (Lipinski definition) is 1. The Kier molecular flexibility index (Phi) is 4.66. The summed E-state index contributed by atoms with van der Waals surface area (Å²) < 4.78 is 19.4. The minimum absolute atomic E-state index is 0.0615. The van der Waals surface area contributed by atoms with Crippen LogP contribution in [0.15, 0.2) is 0 Å². The molecule has 27 heavy (non-hydrogen) atoms. The number of alkyl halides is 1. The molecular weight excluding hydrogens is 347 g/mol. The Bertz CT molecular complexity index is 580. The lowest BCUT2D eigenvalue weighted by molar-refractivity contribution is -0.127. The van der Waals surface area contributed by atoms with E-state index in [4.69, 9.17) is 4.74 Å². The third-order valence-electron chi connectivity index (χ3n) is 6.98. The normalized spacial score (nSPS) is 40.3. The van der Waals surface area contributed by atoms with Gasteiger partial charge < -0.3 is 10.1 Å². The second-order valence-corrected chi connectivity index (χ2v) is 10.6. The molecule has 0 aromatic heterocycles. The summed E-state index contributed by atoms with van der Waals surface area (Å²) in [7, 11) is 0. The molecule has 0 aromatic rings. The fourth-order valence-electron chi connectivity index (χ4n) is 6.45. The predicted molar refractivity (Wildman–Crippen MR) is 99.9 cm³/mol. The summed E-state index contributed by atoms with van der Waals surface area (Å²) >= 11 is 0. The monoisotopic (exact) mass is 380 g/mol. The number of hydrogen-bond acceptors (Lipinski definition) is 3. The molecule has 2 unspecified atom stereocenters. The fraction of sp³-hybridized carbons (Fsp3) is 0.905. The Balaban J connectivity index is 1.38. The van der Waals surface area contributed by atoms with Crippen LogP contribution in [0.3, 0.4) is 0 Å². The first kappa shape index (κ1) is 19.0. The van der Waals surface area contributed by atoms with E-state index in [1.54, 1.807) is 20.8 Å². The molecule has 5 nitrogen and oxygen atoms in total. The minimum atomic E-state index is -1.17. The molecule has 152 valence electrons. The van der Waals surface area contributed by atoms with E-state index >= 15 is 0 Å². The van der Waals surface area contributed by atoms with Crippen LogP contribution in [-0.2, 0) is 9.53 Å². The van der Waals surface area contributed by atoms with Crippen LogP contribution >= 0.6 is 0 Å². The lowest BCUT2D eigenvalue weighted by atomic mass is 9.49. The molecule has 0 radical (unpaired) electrons. The van der Waals surface area contributed by atoms with Gasteiger partial charge in [0.15, 0.2) is 0 Å². The van der Waals surface area contributed by atoms with Crippen LogP contribution in [0.2, 0.25) is 0 Å². The van der Waals surface area contributed by atoms with Gasteiger partial charge in [0.1, 0.15) is 17.8 Å². The van der Waals surface area contributed by atoms with Crippen molar-refractivity contribution >= 4 is 12.0 Å². The summed E-state index contributed by atoms with van der Waals surface area (Å²) in [6.07, 6.45) is 6.03. The van der Waals surface area contributed by atoms with Crippen LogP contribution in [0.5, 0.6) is 0 Å². The molecule has 2 atom stereocenters. The number of likely N-dealkylation sites (tertiary alicyclic amines) is 1. The molecule has 1 heterocycles. The zero-order chi connectivity index (χ0) is 19.4. The van der Waals surface area contributed by atoms with Gasteiger partial charge in [0.05, 0.1) is 6.54 Å². The maximum atomic E-state index is 14.0. The van der Waals surface area contributed by atoms with Gasteiger partial charge in [-0.15, -0.1) is 0 Å². The Labute approximate surface area is 161 Å². The second-order valence-electron chi connectivity index (χ2n) is 10.6. The van der Waals surface area contributed by atoms with Crippen LogP contribution in [0.1, 0.15) is 65.7 Å². The first-order chi connectivity index (χ1) is 12.6. The minimum Gasteiger partial charge on any atom is -0.444 e. The van der Waals surface area contributed by atoms with Crippen molar-refractivity contribution in [1.29, 1.82) is 0 Å². The molecule has 4 saturated carbocycles. The maximum absolute atomic E-state index is 14.0. The molecule has 5 rings (SSSR count). The lowest BCUT2D eigenvalue weighted by Gasteiger charge is -2.57. The average molecular weight is 381 g/mol. The van der Waals surface area contributed by atoms with Gasteiger partial charge in [0, 0.05) is 13.0 Å². The molecule has 0 spiro atoms. The number of amides is 2. The van der Waals surface area contributed by atoms with Crippen LogP contribution in [0, 0.1) is 23.2 Å². The third-order valence-corrected chi connectivity index (χ3v) is 6.98. The van der Waals surface area contributed by atoms with Crippen LogP contribution in [0.25, 0.3) is 0 Å². The highest BCUT2D eigenvalue weighted by Crippen LogP contribution is 2.59. The highest BCUT2D eigenvalue weighted by atomic mass is 19.1. The first-order valence-electron chi connectivity index (χ1n) is 10.5. The van der Waals surface area contributed by atoms with E-state index in [1.165, 1.54) is 43.4 Å². The Morgan fingerprint density at radius 2 is 1.63 bits per heavy atom. The smallest absolute Gasteiger partial charge is 0.411 e. The number of carbonyl (C=O) groups excluding carboxylic acids is 2. The largest absolute Gasteiger partial charge is 0.444 e. The van der Waals surface area contributed by atoms with Gasteiger partial charge >= 0.3 is 6.09 Å². The molecule has 4 bridgehead atoms. The summed E-state index contributed by atoms with van der Waals surface area (Å²) in [6.45, 7) is 5.93. The number of halogens is 1. The van der Waals surface area contributed by atoms with E-state index < -0.39 is 23.9 Å². The van der Waals surface area contributed by atoms with E-state index in [0.29, 0.717) is 6.54 Å². The molecule has 6 heteroatoms. The number of ether oxygens (including phenoxy) is 1. The zero-order valence-corrected chi connectivity index (χ0v) is 16.8. The number of nitrogens with zero attached hydrogens (tertiary/aromatic N) is 1. The topological polar surface area (TPSA) is 58.6 Å².